The topological polar surface area (TPSA) is 98.7 Å². The summed E-state index contributed by atoms with van der Waals surface area (Å²) in [5.41, 5.74) is 1.67. The average Bonchev–Trinajstić information content (AvgIpc) is 2.57. The van der Waals surface area contributed by atoms with Crippen LogP contribution in [0.2, 0.25) is 0 Å². The third-order valence-corrected chi connectivity index (χ3v) is 4.11. The molecule has 0 atom stereocenters. The van der Waals surface area contributed by atoms with Gasteiger partial charge in [0.15, 0.2) is 11.2 Å². The molecule has 0 aliphatic carbocycles. The number of carboxylic acids is 1. The van der Waals surface area contributed by atoms with Gasteiger partial charge in [-0.15, -0.1) is 0 Å². The van der Waals surface area contributed by atoms with E-state index in [-0.39, 0.29) is 12.0 Å². The van der Waals surface area contributed by atoms with Crippen LogP contribution in [0.25, 0.3) is 6.58 Å². The van der Waals surface area contributed by atoms with Gasteiger partial charge in [0.05, 0.1) is 11.4 Å². The smallest absolute Gasteiger partial charge is 0.303 e. The number of hydrogen-bond donors (Lipinski definition) is 2. The van der Waals surface area contributed by atoms with E-state index in [0.29, 0.717) is 29.6 Å². The number of carbonyl (C=O) groups is 1. The van der Waals surface area contributed by atoms with Gasteiger partial charge in [0, 0.05) is 13.0 Å². The summed E-state index contributed by atoms with van der Waals surface area (Å²) in [4.78, 5) is 36.2. The Morgan fingerprint density at radius 2 is 1.96 bits per heavy atom. The number of para-hydroxylation sites is 2. The maximum atomic E-state index is 12.2. The summed E-state index contributed by atoms with van der Waals surface area (Å²) >= 11 is 0. The molecule has 25 heavy (non-hydrogen) atoms. The summed E-state index contributed by atoms with van der Waals surface area (Å²) in [5, 5.41) is 8.98. The Morgan fingerprint density at radius 3 is 2.76 bits per heavy atom. The molecule has 0 amide bonds. The second-order valence-electron chi connectivity index (χ2n) is 5.99. The number of fused-ring (bicyclic) bond motifs is 2. The zero-order chi connectivity index (χ0) is 17.8. The summed E-state index contributed by atoms with van der Waals surface area (Å²) in [6.45, 7) is 4.41. The van der Waals surface area contributed by atoms with Gasteiger partial charge in [-0.1, -0.05) is 31.6 Å². The Kier molecular flexibility index (Phi) is 4.92. The van der Waals surface area contributed by atoms with Gasteiger partial charge in [-0.3, -0.25) is 9.59 Å². The lowest BCUT2D eigenvalue weighted by Gasteiger charge is -2.27. The Hall–Kier alpha value is -2.96. The Labute approximate surface area is 144 Å². The molecule has 0 bridgehead atoms. The van der Waals surface area contributed by atoms with Crippen LogP contribution in [-0.4, -0.2) is 27.6 Å². The van der Waals surface area contributed by atoms with Gasteiger partial charge in [-0.2, -0.15) is 0 Å². The van der Waals surface area contributed by atoms with Crippen LogP contribution in [0.5, 0.6) is 0 Å². The number of hydrogen-bond acceptors (Lipinski definition) is 5. The molecule has 2 heterocycles. The quantitative estimate of drug-likeness (QED) is 0.746. The normalized spacial score (nSPS) is 12.2. The molecule has 7 nitrogen and oxygen atoms in total. The highest BCUT2D eigenvalue weighted by Gasteiger charge is 2.21. The number of H-pyrrole nitrogens is 1. The fraction of sp³-hybridized carbons (Fsp3) is 0.333. The second-order valence-corrected chi connectivity index (χ2v) is 5.99. The maximum absolute atomic E-state index is 12.2. The highest BCUT2D eigenvalue weighted by atomic mass is 16.4. The monoisotopic (exact) mass is 340 g/mol. The number of aliphatic carboxylic acids is 1. The van der Waals surface area contributed by atoms with Crippen LogP contribution in [0, 0.1) is 0 Å². The van der Waals surface area contributed by atoms with Crippen molar-refractivity contribution in [3.8, 4) is 0 Å². The number of aromatic amines is 1. The fourth-order valence-electron chi connectivity index (χ4n) is 2.94. The van der Waals surface area contributed by atoms with Crippen LogP contribution in [0.3, 0.4) is 0 Å². The minimum Gasteiger partial charge on any atom is -0.481 e. The molecule has 0 unspecified atom stereocenters. The lowest BCUT2D eigenvalue weighted by molar-refractivity contribution is -0.137. The van der Waals surface area contributed by atoms with E-state index in [1.165, 1.54) is 0 Å². The maximum Gasteiger partial charge on any atom is 0.303 e. The first-order chi connectivity index (χ1) is 12.1. The minimum atomic E-state index is -0.758. The number of carboxylic acid groups (broad SMARTS) is 1. The second kappa shape index (κ2) is 7.29. The number of unbranched alkanes of at least 4 members (excludes halogenated alkanes) is 3. The van der Waals surface area contributed by atoms with Crippen molar-refractivity contribution in [2.45, 2.75) is 32.1 Å². The molecule has 0 saturated carbocycles. The van der Waals surface area contributed by atoms with Crippen LogP contribution in [0.15, 0.2) is 34.1 Å². The van der Waals surface area contributed by atoms with E-state index < -0.39 is 5.97 Å². The first-order valence-electron chi connectivity index (χ1n) is 8.32. The van der Waals surface area contributed by atoms with Crippen LogP contribution in [-0.2, 0) is 4.79 Å². The van der Waals surface area contributed by atoms with Crippen molar-refractivity contribution in [2.24, 2.45) is 4.99 Å². The molecule has 0 spiro atoms. The van der Waals surface area contributed by atoms with Gasteiger partial charge in [-0.05, 0) is 25.0 Å². The standard InChI is InChI=1S/C18H20N4O3/c1-12-19-17-16(18(25)20-12)21-13-8-5-6-9-14(13)22(17)11-7-3-2-4-10-15(23)24/h5-6,8-9H,1-4,7,10-11H2,(H,20,25)(H,23,24). The Balaban J connectivity index is 1.82. The highest BCUT2D eigenvalue weighted by molar-refractivity contribution is 5.75. The van der Waals surface area contributed by atoms with Crippen molar-refractivity contribution < 1.29 is 9.90 Å². The van der Waals surface area contributed by atoms with Crippen LogP contribution < -0.4 is 21.3 Å². The van der Waals surface area contributed by atoms with E-state index in [1.807, 2.05) is 29.2 Å². The van der Waals surface area contributed by atoms with E-state index in [0.717, 1.165) is 30.6 Å². The molecule has 1 aliphatic heterocycles. The lowest BCUT2D eigenvalue weighted by atomic mass is 10.1. The SMILES string of the molecule is C=c1nc2c(c(=O)[nH]1)=Nc1ccccc1N2CCCCCCC(=O)O. The predicted molar refractivity (Wildman–Crippen MR) is 95.0 cm³/mol. The van der Waals surface area contributed by atoms with Crippen molar-refractivity contribution in [1.29, 1.82) is 0 Å². The largest absolute Gasteiger partial charge is 0.481 e. The molecule has 1 aromatic heterocycles. The molecular weight excluding hydrogens is 320 g/mol. The van der Waals surface area contributed by atoms with Gasteiger partial charge in [0.2, 0.25) is 0 Å². The van der Waals surface area contributed by atoms with Crippen LogP contribution >= 0.6 is 0 Å². The fourth-order valence-corrected chi connectivity index (χ4v) is 2.94. The van der Waals surface area contributed by atoms with Crippen molar-refractivity contribution >= 4 is 29.7 Å². The molecule has 2 N–H and O–H groups in total. The number of benzene rings is 1. The molecule has 2 aromatic rings. The highest BCUT2D eigenvalue weighted by Crippen LogP contribution is 2.34. The summed E-state index contributed by atoms with van der Waals surface area (Å²) < 4.78 is 0. The average molecular weight is 340 g/mol. The van der Waals surface area contributed by atoms with Crippen molar-refractivity contribution in [3.05, 3.63) is 45.5 Å². The Bertz CT molecular complexity index is 952. The molecule has 3 rings (SSSR count). The summed E-state index contributed by atoms with van der Waals surface area (Å²) in [5.74, 6) is -0.232. The molecule has 130 valence electrons. The van der Waals surface area contributed by atoms with Gasteiger partial charge < -0.3 is 15.0 Å². The number of nitrogens with one attached hydrogen (secondary N) is 1. The van der Waals surface area contributed by atoms with Crippen molar-refractivity contribution in [1.82, 2.24) is 9.97 Å². The third kappa shape index (κ3) is 3.76. The van der Waals surface area contributed by atoms with E-state index in [9.17, 15) is 9.59 Å². The van der Waals surface area contributed by atoms with E-state index in [2.05, 4.69) is 21.5 Å². The van der Waals surface area contributed by atoms with Gasteiger partial charge in [0.1, 0.15) is 5.48 Å². The summed E-state index contributed by atoms with van der Waals surface area (Å²) in [6.07, 6.45) is 3.53. The minimum absolute atomic E-state index is 0.204. The third-order valence-electron chi connectivity index (χ3n) is 4.11. The van der Waals surface area contributed by atoms with E-state index >= 15 is 0 Å². The number of anilines is 2. The Morgan fingerprint density at radius 1 is 1.20 bits per heavy atom. The molecule has 0 radical (unpaired) electrons. The lowest BCUT2D eigenvalue weighted by Crippen LogP contribution is -2.42. The molecule has 1 aliphatic rings. The van der Waals surface area contributed by atoms with E-state index in [1.54, 1.807) is 0 Å². The first-order valence-corrected chi connectivity index (χ1v) is 8.32. The summed E-state index contributed by atoms with van der Waals surface area (Å²) in [6, 6.07) is 7.64. The van der Waals surface area contributed by atoms with Crippen LogP contribution in [0.4, 0.5) is 17.2 Å². The van der Waals surface area contributed by atoms with Gasteiger partial charge >= 0.3 is 5.97 Å². The predicted octanol–water partition coefficient (Wildman–Crippen LogP) is 1.62. The zero-order valence-corrected chi connectivity index (χ0v) is 13.9. The summed E-state index contributed by atoms with van der Waals surface area (Å²) in [7, 11) is 0. The zero-order valence-electron chi connectivity index (χ0n) is 13.9. The number of nitrogens with zero attached hydrogens (tertiary/aromatic N) is 3. The van der Waals surface area contributed by atoms with Crippen molar-refractivity contribution in [2.75, 3.05) is 11.4 Å². The van der Waals surface area contributed by atoms with Crippen molar-refractivity contribution in [3.63, 3.8) is 0 Å². The van der Waals surface area contributed by atoms with Gasteiger partial charge in [-0.25, -0.2) is 9.98 Å². The van der Waals surface area contributed by atoms with E-state index in [4.69, 9.17) is 5.11 Å². The van der Waals surface area contributed by atoms with Crippen LogP contribution in [0.1, 0.15) is 32.1 Å². The number of aromatic nitrogens is 2. The molecule has 1 aromatic carbocycles. The first kappa shape index (κ1) is 16.9. The number of rotatable bonds is 7. The molecule has 7 heteroatoms. The molecule has 0 saturated heterocycles. The molecule has 0 fully saturated rings. The molecular formula is C18H20N4O3. The van der Waals surface area contributed by atoms with Gasteiger partial charge in [0.25, 0.3) is 5.56 Å².